The van der Waals surface area contributed by atoms with Gasteiger partial charge in [0.05, 0.1) is 11.5 Å². The first-order chi connectivity index (χ1) is 16.0. The molecule has 0 unspecified atom stereocenters. The molecule has 33 heavy (non-hydrogen) atoms. The fourth-order valence-electron chi connectivity index (χ4n) is 5.73. The van der Waals surface area contributed by atoms with Crippen LogP contribution in [0.15, 0.2) is 24.3 Å². The third-order valence-electron chi connectivity index (χ3n) is 8.07. The van der Waals surface area contributed by atoms with Crippen LogP contribution in [0.25, 0.3) is 0 Å². The molecule has 1 aliphatic carbocycles. The summed E-state index contributed by atoms with van der Waals surface area (Å²) in [7, 11) is 0. The molecular weight excluding hydrogens is 412 g/mol. The average molecular weight is 455 g/mol. The summed E-state index contributed by atoms with van der Waals surface area (Å²) in [5.74, 6) is 2.17. The average Bonchev–Trinajstić information content (AvgIpc) is 2.77. The molecule has 2 heterocycles. The number of carbonyl (C=O) groups excluding carboxylic acids is 2. The maximum Gasteiger partial charge on any atom is 0.226 e. The summed E-state index contributed by atoms with van der Waals surface area (Å²) in [4.78, 5) is 28.5. The number of benzene rings is 1. The Labute approximate surface area is 199 Å². The molecule has 1 saturated heterocycles. The van der Waals surface area contributed by atoms with Gasteiger partial charge in [-0.2, -0.15) is 0 Å². The van der Waals surface area contributed by atoms with Gasteiger partial charge < -0.3 is 15.0 Å². The van der Waals surface area contributed by atoms with Crippen molar-refractivity contribution >= 4 is 11.8 Å². The van der Waals surface area contributed by atoms with Gasteiger partial charge in [0.15, 0.2) is 0 Å². The van der Waals surface area contributed by atoms with E-state index in [0.717, 1.165) is 83.0 Å². The molecule has 5 heteroatoms. The van der Waals surface area contributed by atoms with E-state index in [0.29, 0.717) is 18.4 Å². The first-order valence-corrected chi connectivity index (χ1v) is 13.3. The van der Waals surface area contributed by atoms with E-state index in [-0.39, 0.29) is 23.3 Å². The van der Waals surface area contributed by atoms with E-state index >= 15 is 0 Å². The molecule has 1 saturated carbocycles. The van der Waals surface area contributed by atoms with Crippen molar-refractivity contribution in [1.29, 1.82) is 0 Å². The van der Waals surface area contributed by atoms with E-state index in [2.05, 4.69) is 37.4 Å². The molecule has 3 aliphatic rings. The first-order valence-electron chi connectivity index (χ1n) is 13.3. The number of rotatable bonds is 3. The summed E-state index contributed by atoms with van der Waals surface area (Å²) in [6.07, 6.45) is 10.9. The Hall–Kier alpha value is -2.04. The molecule has 0 radical (unpaired) electrons. The molecule has 5 nitrogen and oxygen atoms in total. The highest BCUT2D eigenvalue weighted by molar-refractivity contribution is 5.84. The number of likely N-dealkylation sites (tertiary alicyclic amines) is 1. The minimum absolute atomic E-state index is 0.00202. The number of amides is 2. The van der Waals surface area contributed by atoms with Crippen LogP contribution in [0.1, 0.15) is 83.6 Å². The Bertz CT molecular complexity index is 809. The molecule has 2 amide bonds. The number of para-hydroxylation sites is 1. The fourth-order valence-corrected chi connectivity index (χ4v) is 5.73. The van der Waals surface area contributed by atoms with Gasteiger partial charge in [0.1, 0.15) is 12.4 Å². The second kappa shape index (κ2) is 10.9. The molecule has 182 valence electrons. The minimum Gasteiger partial charge on any atom is -0.491 e. The third-order valence-corrected chi connectivity index (χ3v) is 8.07. The number of hydrogen-bond acceptors (Lipinski definition) is 3. The number of nitrogens with zero attached hydrogens (tertiary/aromatic N) is 1. The van der Waals surface area contributed by atoms with Gasteiger partial charge >= 0.3 is 0 Å². The van der Waals surface area contributed by atoms with E-state index in [9.17, 15) is 9.59 Å². The molecule has 0 bridgehead atoms. The van der Waals surface area contributed by atoms with E-state index < -0.39 is 0 Å². The zero-order chi connectivity index (χ0) is 23.3. The van der Waals surface area contributed by atoms with Gasteiger partial charge in [0.2, 0.25) is 11.8 Å². The van der Waals surface area contributed by atoms with Crippen LogP contribution >= 0.6 is 0 Å². The number of carbonyl (C=O) groups is 2. The number of fused-ring (bicyclic) bond motifs is 1. The molecule has 1 spiro atoms. The van der Waals surface area contributed by atoms with Crippen LogP contribution in [-0.4, -0.2) is 42.5 Å². The van der Waals surface area contributed by atoms with Crippen molar-refractivity contribution in [2.45, 2.75) is 90.5 Å². The summed E-state index contributed by atoms with van der Waals surface area (Å²) in [5, 5.41) is 3.40. The Kier molecular flexibility index (Phi) is 7.98. The maximum atomic E-state index is 13.7. The zero-order valence-corrected chi connectivity index (χ0v) is 20.6. The zero-order valence-electron chi connectivity index (χ0n) is 20.6. The molecular formula is C28H42N2O3. The van der Waals surface area contributed by atoms with Crippen LogP contribution in [0.4, 0.5) is 0 Å². The maximum absolute atomic E-state index is 13.7. The van der Waals surface area contributed by atoms with E-state index in [1.54, 1.807) is 0 Å². The van der Waals surface area contributed by atoms with Crippen LogP contribution in [0.3, 0.4) is 0 Å². The standard InChI is InChI=1S/C28H42N2O3/c1-21(2)19-24-20-33-25-13-6-5-10-22(25)9-4-3-7-14-28(27(32)29-24)15-17-30(18-16-28)26(31)23-11-8-12-23/h5-6,10,13,21,23-24H,3-4,7-9,11-12,14-20H2,1-2H3,(H,29,32)/t24-/m0/s1. The Morgan fingerprint density at radius 3 is 2.55 bits per heavy atom. The van der Waals surface area contributed by atoms with Crippen LogP contribution in [0.2, 0.25) is 0 Å². The van der Waals surface area contributed by atoms with Crippen molar-refractivity contribution in [3.63, 3.8) is 0 Å². The number of hydrogen-bond donors (Lipinski definition) is 1. The molecule has 4 rings (SSSR count). The molecule has 1 N–H and O–H groups in total. The van der Waals surface area contributed by atoms with Crippen molar-refractivity contribution in [2.24, 2.45) is 17.3 Å². The lowest BCUT2D eigenvalue weighted by Crippen LogP contribution is -2.54. The number of ether oxygens (including phenoxy) is 1. The minimum atomic E-state index is -0.355. The Balaban J connectivity index is 1.47. The van der Waals surface area contributed by atoms with Gasteiger partial charge in [-0.1, -0.05) is 51.3 Å². The molecule has 0 aromatic heterocycles. The predicted molar refractivity (Wildman–Crippen MR) is 131 cm³/mol. The summed E-state index contributed by atoms with van der Waals surface area (Å²) in [5.41, 5.74) is 0.913. The smallest absolute Gasteiger partial charge is 0.226 e. The van der Waals surface area contributed by atoms with E-state index in [1.165, 1.54) is 12.0 Å². The van der Waals surface area contributed by atoms with Gasteiger partial charge in [-0.15, -0.1) is 0 Å². The summed E-state index contributed by atoms with van der Waals surface area (Å²) < 4.78 is 6.26. The van der Waals surface area contributed by atoms with Crippen LogP contribution in [0.5, 0.6) is 5.75 Å². The van der Waals surface area contributed by atoms with Gasteiger partial charge in [0.25, 0.3) is 0 Å². The summed E-state index contributed by atoms with van der Waals surface area (Å²) >= 11 is 0. The molecule has 1 aromatic carbocycles. The number of nitrogens with one attached hydrogen (secondary N) is 1. The normalized spacial score (nSPS) is 24.5. The largest absolute Gasteiger partial charge is 0.491 e. The highest BCUT2D eigenvalue weighted by Gasteiger charge is 2.43. The predicted octanol–water partition coefficient (Wildman–Crippen LogP) is 5.12. The van der Waals surface area contributed by atoms with Gasteiger partial charge in [0, 0.05) is 19.0 Å². The fraction of sp³-hybridized carbons (Fsp3) is 0.714. The molecule has 2 fully saturated rings. The topological polar surface area (TPSA) is 58.6 Å². The Morgan fingerprint density at radius 2 is 1.85 bits per heavy atom. The SMILES string of the molecule is CC(C)C[C@H]1COc2ccccc2CCCCCC2(CCN(C(=O)C3CCC3)CC2)C(=O)N1. The highest BCUT2D eigenvalue weighted by atomic mass is 16.5. The lowest BCUT2D eigenvalue weighted by atomic mass is 9.72. The quantitative estimate of drug-likeness (QED) is 0.689. The van der Waals surface area contributed by atoms with Gasteiger partial charge in [-0.3, -0.25) is 9.59 Å². The highest BCUT2D eigenvalue weighted by Crippen LogP contribution is 2.39. The van der Waals surface area contributed by atoms with Crippen molar-refractivity contribution < 1.29 is 14.3 Å². The lowest BCUT2D eigenvalue weighted by Gasteiger charge is -2.43. The van der Waals surface area contributed by atoms with Crippen molar-refractivity contribution in [3.8, 4) is 5.75 Å². The summed E-state index contributed by atoms with van der Waals surface area (Å²) in [6, 6.07) is 8.33. The molecule has 2 aliphatic heterocycles. The van der Waals surface area contributed by atoms with Crippen LogP contribution in [0, 0.1) is 17.3 Å². The second-order valence-corrected chi connectivity index (χ2v) is 11.0. The van der Waals surface area contributed by atoms with Crippen molar-refractivity contribution in [3.05, 3.63) is 29.8 Å². The van der Waals surface area contributed by atoms with E-state index in [1.807, 2.05) is 11.0 Å². The van der Waals surface area contributed by atoms with Crippen molar-refractivity contribution in [1.82, 2.24) is 10.2 Å². The second-order valence-electron chi connectivity index (χ2n) is 11.0. The number of piperidine rings is 1. The molecule has 1 atom stereocenters. The van der Waals surface area contributed by atoms with Gasteiger partial charge in [-0.05, 0) is 68.9 Å². The monoisotopic (exact) mass is 454 g/mol. The first kappa shape index (κ1) is 24.1. The summed E-state index contributed by atoms with van der Waals surface area (Å²) in [6.45, 7) is 6.34. The lowest BCUT2D eigenvalue weighted by molar-refractivity contribution is -0.145. The third kappa shape index (κ3) is 5.91. The van der Waals surface area contributed by atoms with Crippen LogP contribution < -0.4 is 10.1 Å². The molecule has 1 aromatic rings. The Morgan fingerprint density at radius 1 is 1.09 bits per heavy atom. The van der Waals surface area contributed by atoms with Crippen molar-refractivity contribution in [2.75, 3.05) is 19.7 Å². The number of aryl methyl sites for hydroxylation is 1. The van der Waals surface area contributed by atoms with E-state index in [4.69, 9.17) is 4.74 Å². The van der Waals surface area contributed by atoms with Gasteiger partial charge in [-0.25, -0.2) is 0 Å². The van der Waals surface area contributed by atoms with Crippen LogP contribution in [-0.2, 0) is 16.0 Å².